The van der Waals surface area contributed by atoms with Crippen molar-refractivity contribution in [1.82, 2.24) is 9.80 Å². The zero-order chi connectivity index (χ0) is 15.5. The van der Waals surface area contributed by atoms with E-state index >= 15 is 0 Å². The molecule has 1 saturated heterocycles. The average Bonchev–Trinajstić information content (AvgIpc) is 2.53. The van der Waals surface area contributed by atoms with Gasteiger partial charge >= 0.3 is 5.97 Å². The Morgan fingerprint density at radius 1 is 1.33 bits per heavy atom. The first-order valence-electron chi connectivity index (χ1n) is 8.31. The summed E-state index contributed by atoms with van der Waals surface area (Å²) < 4.78 is 4.91. The normalized spacial score (nSPS) is 32.3. The minimum Gasteiger partial charge on any atom is -0.468 e. The summed E-state index contributed by atoms with van der Waals surface area (Å²) in [5, 5.41) is 0. The number of ether oxygens (including phenoxy) is 1. The summed E-state index contributed by atoms with van der Waals surface area (Å²) in [6.45, 7) is 5.74. The maximum atomic E-state index is 11.9. The highest BCUT2D eigenvalue weighted by Crippen LogP contribution is 2.32. The molecule has 122 valence electrons. The lowest BCUT2D eigenvalue weighted by molar-refractivity contribution is -0.149. The molecule has 2 rings (SSSR count). The molecule has 1 aliphatic heterocycles. The van der Waals surface area contributed by atoms with Gasteiger partial charge in [-0.3, -0.25) is 4.79 Å². The summed E-state index contributed by atoms with van der Waals surface area (Å²) in [6.07, 6.45) is 6.06. The average molecular weight is 297 g/mol. The van der Waals surface area contributed by atoms with Crippen molar-refractivity contribution in [3.63, 3.8) is 0 Å². The molecule has 5 heteroatoms. The summed E-state index contributed by atoms with van der Waals surface area (Å²) in [4.78, 5) is 16.9. The molecule has 1 saturated carbocycles. The van der Waals surface area contributed by atoms with Crippen molar-refractivity contribution >= 4 is 5.97 Å². The Kier molecular flexibility index (Phi) is 5.63. The number of nitrogens with zero attached hydrogens (tertiary/aromatic N) is 2. The predicted octanol–water partition coefficient (Wildman–Crippen LogP) is 1.22. The van der Waals surface area contributed by atoms with E-state index < -0.39 is 5.54 Å². The lowest BCUT2D eigenvalue weighted by atomic mass is 9.78. The number of carbonyl (C=O) groups is 1. The molecule has 2 atom stereocenters. The highest BCUT2D eigenvalue weighted by molar-refractivity contribution is 5.80. The van der Waals surface area contributed by atoms with Gasteiger partial charge in [0.1, 0.15) is 5.54 Å². The van der Waals surface area contributed by atoms with Crippen molar-refractivity contribution in [1.29, 1.82) is 0 Å². The Balaban J connectivity index is 1.93. The highest BCUT2D eigenvalue weighted by atomic mass is 16.5. The fourth-order valence-corrected chi connectivity index (χ4v) is 3.95. The number of carbonyl (C=O) groups excluding carboxylic acids is 1. The Hall–Kier alpha value is -0.650. The van der Waals surface area contributed by atoms with Gasteiger partial charge in [0, 0.05) is 12.1 Å². The van der Waals surface area contributed by atoms with Gasteiger partial charge in [-0.2, -0.15) is 0 Å². The van der Waals surface area contributed by atoms with E-state index in [1.54, 1.807) is 0 Å². The van der Waals surface area contributed by atoms with Crippen LogP contribution in [0.15, 0.2) is 0 Å². The largest absolute Gasteiger partial charge is 0.468 e. The van der Waals surface area contributed by atoms with E-state index in [1.807, 2.05) is 0 Å². The van der Waals surface area contributed by atoms with E-state index in [9.17, 15) is 4.79 Å². The van der Waals surface area contributed by atoms with Crippen LogP contribution in [0.3, 0.4) is 0 Å². The van der Waals surface area contributed by atoms with Crippen molar-refractivity contribution in [3.05, 3.63) is 0 Å². The van der Waals surface area contributed by atoms with Crippen molar-refractivity contribution < 1.29 is 9.53 Å². The van der Waals surface area contributed by atoms with Gasteiger partial charge in [-0.25, -0.2) is 0 Å². The van der Waals surface area contributed by atoms with Crippen molar-refractivity contribution in [3.8, 4) is 0 Å². The zero-order valence-corrected chi connectivity index (χ0v) is 13.8. The lowest BCUT2D eigenvalue weighted by Crippen LogP contribution is -2.57. The number of nitrogens with two attached hydrogens (primary N) is 1. The summed E-state index contributed by atoms with van der Waals surface area (Å²) in [5.41, 5.74) is 5.52. The third-order valence-corrected chi connectivity index (χ3v) is 5.51. The molecule has 0 spiro atoms. The molecule has 2 unspecified atom stereocenters. The molecule has 1 aliphatic carbocycles. The monoisotopic (exact) mass is 297 g/mol. The first-order chi connectivity index (χ1) is 10.00. The number of esters is 1. The number of hydrogen-bond acceptors (Lipinski definition) is 5. The number of hydrogen-bond donors (Lipinski definition) is 1. The molecule has 21 heavy (non-hydrogen) atoms. The van der Waals surface area contributed by atoms with Crippen LogP contribution >= 0.6 is 0 Å². The van der Waals surface area contributed by atoms with Crippen LogP contribution in [0.1, 0.15) is 45.4 Å². The Morgan fingerprint density at radius 3 is 2.57 bits per heavy atom. The second kappa shape index (κ2) is 7.07. The van der Waals surface area contributed by atoms with Crippen molar-refractivity contribution in [2.45, 2.75) is 63.1 Å². The van der Waals surface area contributed by atoms with Crippen LogP contribution in [0.25, 0.3) is 0 Å². The van der Waals surface area contributed by atoms with Crippen LogP contribution in [0, 0.1) is 0 Å². The fraction of sp³-hybridized carbons (Fsp3) is 0.938. The summed E-state index contributed by atoms with van der Waals surface area (Å²) in [7, 11) is 3.64. The Bertz CT molecular complexity index is 355. The summed E-state index contributed by atoms with van der Waals surface area (Å²) >= 11 is 0. The van der Waals surface area contributed by atoms with Crippen LogP contribution in [0.4, 0.5) is 0 Å². The maximum absolute atomic E-state index is 11.9. The number of likely N-dealkylation sites (tertiary alicyclic amines) is 1. The Labute approximate surface area is 128 Å². The topological polar surface area (TPSA) is 58.8 Å². The van der Waals surface area contributed by atoms with Crippen LogP contribution in [0.2, 0.25) is 0 Å². The predicted molar refractivity (Wildman–Crippen MR) is 84.1 cm³/mol. The highest BCUT2D eigenvalue weighted by Gasteiger charge is 2.42. The SMILES string of the molecule is CCN1CCC(N(C)C2CCCC(N)(C(=O)OC)C2)CC1. The van der Waals surface area contributed by atoms with Crippen molar-refractivity contribution in [2.24, 2.45) is 5.73 Å². The van der Waals surface area contributed by atoms with E-state index in [4.69, 9.17) is 10.5 Å². The third-order valence-electron chi connectivity index (χ3n) is 5.51. The second-order valence-electron chi connectivity index (χ2n) is 6.73. The molecular weight excluding hydrogens is 266 g/mol. The van der Waals surface area contributed by atoms with Crippen LogP contribution in [0.5, 0.6) is 0 Å². The molecule has 0 aromatic rings. The number of methoxy groups -OCH3 is 1. The molecule has 2 fully saturated rings. The van der Waals surface area contributed by atoms with Gasteiger partial charge in [0.15, 0.2) is 0 Å². The standard InChI is InChI=1S/C16H31N3O2/c1-4-19-10-7-13(8-11-19)18(2)14-6-5-9-16(17,12-14)15(20)21-3/h13-14H,4-12,17H2,1-3H3. The number of piperidine rings is 1. The molecule has 2 N–H and O–H groups in total. The molecule has 0 radical (unpaired) electrons. The molecule has 1 heterocycles. The Morgan fingerprint density at radius 2 is 2.00 bits per heavy atom. The van der Waals surface area contributed by atoms with Gasteiger partial charge < -0.3 is 20.3 Å². The van der Waals surface area contributed by atoms with Crippen LogP contribution in [-0.2, 0) is 9.53 Å². The van der Waals surface area contributed by atoms with E-state index in [1.165, 1.54) is 33.0 Å². The van der Waals surface area contributed by atoms with E-state index in [2.05, 4.69) is 23.8 Å². The van der Waals surface area contributed by atoms with Crippen LogP contribution in [-0.4, -0.2) is 67.2 Å². The van der Waals surface area contributed by atoms with E-state index in [0.717, 1.165) is 32.2 Å². The van der Waals surface area contributed by atoms with E-state index in [-0.39, 0.29) is 5.97 Å². The molecule has 0 bridgehead atoms. The quantitative estimate of drug-likeness (QED) is 0.791. The molecule has 5 nitrogen and oxygen atoms in total. The van der Waals surface area contributed by atoms with Gasteiger partial charge in [0.05, 0.1) is 7.11 Å². The fourth-order valence-electron chi connectivity index (χ4n) is 3.95. The molecule has 2 aliphatic rings. The first kappa shape index (κ1) is 16.7. The van der Waals surface area contributed by atoms with Gasteiger partial charge in [-0.1, -0.05) is 6.92 Å². The minimum atomic E-state index is -0.782. The van der Waals surface area contributed by atoms with Crippen molar-refractivity contribution in [2.75, 3.05) is 33.8 Å². The van der Waals surface area contributed by atoms with Gasteiger partial charge in [-0.05, 0) is 65.2 Å². The zero-order valence-electron chi connectivity index (χ0n) is 13.8. The lowest BCUT2D eigenvalue weighted by Gasteiger charge is -2.44. The summed E-state index contributed by atoms with van der Waals surface area (Å²) in [5.74, 6) is -0.249. The summed E-state index contributed by atoms with van der Waals surface area (Å²) in [6, 6.07) is 1.03. The maximum Gasteiger partial charge on any atom is 0.325 e. The molecular formula is C16H31N3O2. The molecule has 0 amide bonds. The molecule has 0 aromatic carbocycles. The van der Waals surface area contributed by atoms with Gasteiger partial charge in [-0.15, -0.1) is 0 Å². The number of rotatable bonds is 4. The third kappa shape index (κ3) is 3.76. The molecule has 0 aromatic heterocycles. The smallest absolute Gasteiger partial charge is 0.325 e. The second-order valence-corrected chi connectivity index (χ2v) is 6.73. The van der Waals surface area contributed by atoms with Gasteiger partial charge in [0.25, 0.3) is 0 Å². The first-order valence-corrected chi connectivity index (χ1v) is 8.31. The van der Waals surface area contributed by atoms with Gasteiger partial charge in [0.2, 0.25) is 0 Å². The van der Waals surface area contributed by atoms with E-state index in [0.29, 0.717) is 12.1 Å². The minimum absolute atomic E-state index is 0.249. The van der Waals surface area contributed by atoms with Crippen LogP contribution < -0.4 is 5.73 Å².